The van der Waals surface area contributed by atoms with Crippen molar-refractivity contribution in [1.29, 1.82) is 0 Å². The molecule has 1 heterocycles. The second-order valence-corrected chi connectivity index (χ2v) is 4.52. The number of carboxylic acids is 1. The Labute approximate surface area is 112 Å². The molecule has 0 unspecified atom stereocenters. The number of amides is 1. The van der Waals surface area contributed by atoms with E-state index in [1.54, 1.807) is 12.1 Å². The van der Waals surface area contributed by atoms with E-state index in [0.717, 1.165) is 0 Å². The Morgan fingerprint density at radius 1 is 1.37 bits per heavy atom. The highest BCUT2D eigenvalue weighted by atomic mass is 16.4. The summed E-state index contributed by atoms with van der Waals surface area (Å²) in [5, 5.41) is 14.5. The van der Waals surface area contributed by atoms with Gasteiger partial charge in [0.15, 0.2) is 0 Å². The van der Waals surface area contributed by atoms with Crippen LogP contribution in [0.4, 0.5) is 5.69 Å². The van der Waals surface area contributed by atoms with Gasteiger partial charge in [-0.25, -0.2) is 0 Å². The van der Waals surface area contributed by atoms with Crippen molar-refractivity contribution >= 4 is 17.6 Å². The summed E-state index contributed by atoms with van der Waals surface area (Å²) in [7, 11) is 0. The van der Waals surface area contributed by atoms with Crippen molar-refractivity contribution in [2.45, 2.75) is 32.7 Å². The van der Waals surface area contributed by atoms with Crippen LogP contribution < -0.4 is 10.6 Å². The molecule has 0 bridgehead atoms. The molecule has 0 saturated carbocycles. The SMILES string of the molecule is CC(C)NCCC(=O)Nc1ccc(CC(=O)O)nc1. The highest BCUT2D eigenvalue weighted by Crippen LogP contribution is 2.07. The molecule has 0 spiro atoms. The molecule has 0 atom stereocenters. The van der Waals surface area contributed by atoms with Crippen molar-refractivity contribution in [2.75, 3.05) is 11.9 Å². The molecule has 0 saturated heterocycles. The zero-order valence-corrected chi connectivity index (χ0v) is 11.1. The first kappa shape index (κ1) is 15.1. The minimum atomic E-state index is -0.927. The van der Waals surface area contributed by atoms with Crippen LogP contribution in [-0.4, -0.2) is 34.6 Å². The van der Waals surface area contributed by atoms with E-state index in [-0.39, 0.29) is 12.3 Å². The Hall–Kier alpha value is -1.95. The molecular weight excluding hydrogens is 246 g/mol. The van der Waals surface area contributed by atoms with Gasteiger partial charge in [-0.15, -0.1) is 0 Å². The molecule has 3 N–H and O–H groups in total. The molecule has 1 aromatic rings. The molecule has 0 aliphatic carbocycles. The van der Waals surface area contributed by atoms with Crippen molar-refractivity contribution in [3.63, 3.8) is 0 Å². The summed E-state index contributed by atoms with van der Waals surface area (Å²) in [6.07, 6.45) is 1.73. The maximum atomic E-state index is 11.6. The van der Waals surface area contributed by atoms with Crippen LogP contribution in [-0.2, 0) is 16.0 Å². The predicted octanol–water partition coefficient (Wildman–Crippen LogP) is 1.04. The second-order valence-electron chi connectivity index (χ2n) is 4.52. The third kappa shape index (κ3) is 6.52. The van der Waals surface area contributed by atoms with E-state index in [4.69, 9.17) is 5.11 Å². The normalized spacial score (nSPS) is 10.5. The fourth-order valence-corrected chi connectivity index (χ4v) is 1.46. The van der Waals surface area contributed by atoms with Gasteiger partial charge < -0.3 is 15.7 Å². The first-order chi connectivity index (χ1) is 8.97. The Balaban J connectivity index is 2.40. The van der Waals surface area contributed by atoms with Crippen LogP contribution in [0.5, 0.6) is 0 Å². The van der Waals surface area contributed by atoms with Gasteiger partial charge in [0, 0.05) is 19.0 Å². The monoisotopic (exact) mass is 265 g/mol. The number of aliphatic carboxylic acids is 1. The lowest BCUT2D eigenvalue weighted by Crippen LogP contribution is -2.27. The summed E-state index contributed by atoms with van der Waals surface area (Å²) < 4.78 is 0. The zero-order valence-electron chi connectivity index (χ0n) is 11.1. The standard InChI is InChI=1S/C13H19N3O3/c1-9(2)14-6-5-12(17)16-11-4-3-10(15-8-11)7-13(18)19/h3-4,8-9,14H,5-7H2,1-2H3,(H,16,17)(H,18,19). The molecular formula is C13H19N3O3. The van der Waals surface area contributed by atoms with E-state index in [1.807, 2.05) is 13.8 Å². The lowest BCUT2D eigenvalue weighted by Gasteiger charge is -2.08. The third-order valence-electron chi connectivity index (χ3n) is 2.35. The number of hydrogen-bond donors (Lipinski definition) is 3. The van der Waals surface area contributed by atoms with E-state index in [0.29, 0.717) is 30.4 Å². The van der Waals surface area contributed by atoms with E-state index in [2.05, 4.69) is 15.6 Å². The molecule has 0 aromatic carbocycles. The summed E-state index contributed by atoms with van der Waals surface area (Å²) in [5.41, 5.74) is 1.04. The molecule has 1 amide bonds. The molecule has 0 radical (unpaired) electrons. The van der Waals surface area contributed by atoms with E-state index in [1.165, 1.54) is 6.20 Å². The average Bonchev–Trinajstić information content (AvgIpc) is 2.30. The summed E-state index contributed by atoms with van der Waals surface area (Å²) in [6, 6.07) is 3.60. The van der Waals surface area contributed by atoms with Gasteiger partial charge in [0.1, 0.15) is 0 Å². The Bertz CT molecular complexity index is 429. The van der Waals surface area contributed by atoms with Gasteiger partial charge in [-0.3, -0.25) is 14.6 Å². The Morgan fingerprint density at radius 3 is 2.63 bits per heavy atom. The first-order valence-electron chi connectivity index (χ1n) is 6.17. The van der Waals surface area contributed by atoms with Crippen molar-refractivity contribution < 1.29 is 14.7 Å². The number of aromatic nitrogens is 1. The van der Waals surface area contributed by atoms with Crippen molar-refractivity contribution in [3.8, 4) is 0 Å². The molecule has 1 rings (SSSR count). The van der Waals surface area contributed by atoms with Crippen LogP contribution >= 0.6 is 0 Å². The quantitative estimate of drug-likeness (QED) is 0.685. The van der Waals surface area contributed by atoms with Gasteiger partial charge in [0.05, 0.1) is 24.0 Å². The number of pyridine rings is 1. The minimum Gasteiger partial charge on any atom is -0.481 e. The van der Waals surface area contributed by atoms with E-state index in [9.17, 15) is 9.59 Å². The Kier molecular flexibility index (Phi) is 5.95. The average molecular weight is 265 g/mol. The van der Waals surface area contributed by atoms with Crippen molar-refractivity contribution in [1.82, 2.24) is 10.3 Å². The smallest absolute Gasteiger partial charge is 0.309 e. The molecule has 0 aliphatic rings. The minimum absolute atomic E-state index is 0.0964. The molecule has 6 heteroatoms. The van der Waals surface area contributed by atoms with E-state index < -0.39 is 5.97 Å². The van der Waals surface area contributed by atoms with Gasteiger partial charge in [-0.1, -0.05) is 13.8 Å². The fraction of sp³-hybridized carbons (Fsp3) is 0.462. The molecule has 0 fully saturated rings. The third-order valence-corrected chi connectivity index (χ3v) is 2.35. The van der Waals surface area contributed by atoms with Gasteiger partial charge >= 0.3 is 5.97 Å². The lowest BCUT2D eigenvalue weighted by molar-refractivity contribution is -0.136. The number of rotatable bonds is 7. The van der Waals surface area contributed by atoms with Gasteiger partial charge in [-0.2, -0.15) is 0 Å². The summed E-state index contributed by atoms with van der Waals surface area (Å²) in [4.78, 5) is 26.0. The first-order valence-corrected chi connectivity index (χ1v) is 6.17. The van der Waals surface area contributed by atoms with Crippen LogP contribution in [0.15, 0.2) is 18.3 Å². The summed E-state index contributed by atoms with van der Waals surface area (Å²) >= 11 is 0. The van der Waals surface area contributed by atoms with Crippen LogP contribution in [0.25, 0.3) is 0 Å². The summed E-state index contributed by atoms with van der Waals surface area (Å²) in [6.45, 7) is 4.65. The number of carbonyl (C=O) groups excluding carboxylic acids is 1. The van der Waals surface area contributed by atoms with Crippen LogP contribution in [0.1, 0.15) is 26.0 Å². The topological polar surface area (TPSA) is 91.3 Å². The van der Waals surface area contributed by atoms with Crippen molar-refractivity contribution in [3.05, 3.63) is 24.0 Å². The number of carbonyl (C=O) groups is 2. The van der Waals surface area contributed by atoms with Crippen LogP contribution in [0.3, 0.4) is 0 Å². The molecule has 6 nitrogen and oxygen atoms in total. The number of hydrogen-bond acceptors (Lipinski definition) is 4. The number of nitrogens with one attached hydrogen (secondary N) is 2. The van der Waals surface area contributed by atoms with Gasteiger partial charge in [0.2, 0.25) is 5.91 Å². The van der Waals surface area contributed by atoms with Crippen LogP contribution in [0, 0.1) is 0 Å². The highest BCUT2D eigenvalue weighted by Gasteiger charge is 2.05. The van der Waals surface area contributed by atoms with Gasteiger partial charge in [0.25, 0.3) is 0 Å². The van der Waals surface area contributed by atoms with Gasteiger partial charge in [-0.05, 0) is 12.1 Å². The number of carboxylic acid groups (broad SMARTS) is 1. The molecule has 1 aromatic heterocycles. The summed E-state index contributed by atoms with van der Waals surface area (Å²) in [5.74, 6) is -1.02. The molecule has 0 aliphatic heterocycles. The lowest BCUT2D eigenvalue weighted by atomic mass is 10.2. The predicted molar refractivity (Wildman–Crippen MR) is 72.0 cm³/mol. The Morgan fingerprint density at radius 2 is 2.11 bits per heavy atom. The molecule has 104 valence electrons. The van der Waals surface area contributed by atoms with Crippen LogP contribution in [0.2, 0.25) is 0 Å². The second kappa shape index (κ2) is 7.48. The number of nitrogens with zero attached hydrogens (tertiary/aromatic N) is 1. The molecule has 19 heavy (non-hydrogen) atoms. The highest BCUT2D eigenvalue weighted by molar-refractivity contribution is 5.90. The van der Waals surface area contributed by atoms with E-state index >= 15 is 0 Å². The number of anilines is 1. The zero-order chi connectivity index (χ0) is 14.3. The maximum Gasteiger partial charge on any atom is 0.309 e. The van der Waals surface area contributed by atoms with Crippen molar-refractivity contribution in [2.24, 2.45) is 0 Å². The largest absolute Gasteiger partial charge is 0.481 e. The maximum absolute atomic E-state index is 11.6. The fourth-order valence-electron chi connectivity index (χ4n) is 1.46.